The molecule has 0 spiro atoms. The molecule has 1 fully saturated rings. The molecule has 2 heterocycles. The maximum atomic E-state index is 5.61. The quantitative estimate of drug-likeness (QED) is 0.940. The highest BCUT2D eigenvalue weighted by molar-refractivity contribution is 7.18. The van der Waals surface area contributed by atoms with Crippen LogP contribution in [0.4, 0.5) is 0 Å². The number of rotatable bonds is 4. The van der Waals surface area contributed by atoms with Gasteiger partial charge in [0.1, 0.15) is 0 Å². The highest BCUT2D eigenvalue weighted by Crippen LogP contribution is 2.25. The molecule has 108 valence electrons. The highest BCUT2D eigenvalue weighted by Gasteiger charge is 2.16. The Morgan fingerprint density at radius 2 is 2.15 bits per heavy atom. The molecule has 0 saturated carbocycles. The smallest absolute Gasteiger partial charge is 0.0951 e. The molecule has 0 radical (unpaired) electrons. The van der Waals surface area contributed by atoms with Gasteiger partial charge >= 0.3 is 0 Å². The van der Waals surface area contributed by atoms with E-state index in [2.05, 4.69) is 35.0 Å². The van der Waals surface area contributed by atoms with Crippen molar-refractivity contribution >= 4 is 21.6 Å². The Labute approximate surface area is 124 Å². The first-order valence-electron chi connectivity index (χ1n) is 7.55. The van der Waals surface area contributed by atoms with Crippen molar-refractivity contribution in [3.8, 4) is 0 Å². The average molecular weight is 289 g/mol. The molecule has 0 atom stereocenters. The minimum Gasteiger partial charge on any atom is -0.330 e. The molecule has 3 rings (SSSR count). The average Bonchev–Trinajstić information content (AvgIpc) is 2.83. The number of nitrogens with two attached hydrogens (primary N) is 1. The number of hydrogen-bond donors (Lipinski definition) is 1. The molecule has 0 bridgehead atoms. The van der Waals surface area contributed by atoms with Crippen LogP contribution in [0.15, 0.2) is 18.2 Å². The summed E-state index contributed by atoms with van der Waals surface area (Å²) in [6.45, 7) is 6.59. The van der Waals surface area contributed by atoms with Crippen LogP contribution in [0.5, 0.6) is 0 Å². The normalized spacial score (nSPS) is 17.9. The van der Waals surface area contributed by atoms with Gasteiger partial charge in [-0.05, 0) is 56.1 Å². The third kappa shape index (κ3) is 3.19. The second kappa shape index (κ2) is 6.20. The van der Waals surface area contributed by atoms with Gasteiger partial charge in [-0.3, -0.25) is 4.90 Å². The van der Waals surface area contributed by atoms with Gasteiger partial charge in [0.2, 0.25) is 0 Å². The Balaban J connectivity index is 1.72. The van der Waals surface area contributed by atoms with Gasteiger partial charge < -0.3 is 5.73 Å². The van der Waals surface area contributed by atoms with Crippen LogP contribution >= 0.6 is 11.3 Å². The first-order valence-corrected chi connectivity index (χ1v) is 8.37. The molecule has 1 aromatic heterocycles. The van der Waals surface area contributed by atoms with Crippen LogP contribution in [0, 0.1) is 5.92 Å². The Hall–Kier alpha value is -0.970. The number of benzene rings is 1. The molecule has 1 aliphatic rings. The van der Waals surface area contributed by atoms with Crippen LogP contribution < -0.4 is 5.73 Å². The van der Waals surface area contributed by atoms with Crippen LogP contribution in [0.3, 0.4) is 0 Å². The minimum absolute atomic E-state index is 0.679. The molecule has 1 aromatic carbocycles. The number of fused-ring (bicyclic) bond motifs is 1. The number of piperidine rings is 1. The molecule has 0 amide bonds. The van der Waals surface area contributed by atoms with Crippen molar-refractivity contribution in [2.75, 3.05) is 19.6 Å². The van der Waals surface area contributed by atoms with Crippen LogP contribution in [0.25, 0.3) is 10.2 Å². The lowest BCUT2D eigenvalue weighted by molar-refractivity contribution is 0.185. The maximum Gasteiger partial charge on any atom is 0.0951 e. The zero-order valence-corrected chi connectivity index (χ0v) is 13.0. The van der Waals surface area contributed by atoms with E-state index in [1.54, 1.807) is 11.3 Å². The first-order chi connectivity index (χ1) is 9.74. The summed E-state index contributed by atoms with van der Waals surface area (Å²) in [5.74, 6) is 0.897. The standard InChI is InChI=1S/C16H23N3S/c1-12-5-8-19(9-6-12)11-13-2-3-14-15(10-13)20-16(18-14)4-7-17/h2-3,10,12H,4-9,11,17H2,1H3. The first kappa shape index (κ1) is 14.0. The number of thiazole rings is 1. The van der Waals surface area contributed by atoms with Gasteiger partial charge in [0, 0.05) is 13.0 Å². The Morgan fingerprint density at radius 1 is 1.35 bits per heavy atom. The lowest BCUT2D eigenvalue weighted by Gasteiger charge is -2.30. The van der Waals surface area contributed by atoms with E-state index in [0.717, 1.165) is 29.4 Å². The van der Waals surface area contributed by atoms with E-state index in [4.69, 9.17) is 5.73 Å². The zero-order valence-electron chi connectivity index (χ0n) is 12.1. The largest absolute Gasteiger partial charge is 0.330 e. The molecular formula is C16H23N3S. The van der Waals surface area contributed by atoms with E-state index in [1.807, 2.05) is 0 Å². The third-order valence-electron chi connectivity index (χ3n) is 4.14. The summed E-state index contributed by atoms with van der Waals surface area (Å²) < 4.78 is 1.30. The van der Waals surface area contributed by atoms with Crippen molar-refractivity contribution in [1.29, 1.82) is 0 Å². The van der Waals surface area contributed by atoms with Gasteiger partial charge in [0.15, 0.2) is 0 Å². The van der Waals surface area contributed by atoms with Crippen molar-refractivity contribution in [3.63, 3.8) is 0 Å². The van der Waals surface area contributed by atoms with Gasteiger partial charge in [-0.2, -0.15) is 0 Å². The molecule has 20 heavy (non-hydrogen) atoms. The third-order valence-corrected chi connectivity index (χ3v) is 5.22. The van der Waals surface area contributed by atoms with E-state index < -0.39 is 0 Å². The zero-order chi connectivity index (χ0) is 13.9. The fraction of sp³-hybridized carbons (Fsp3) is 0.562. The van der Waals surface area contributed by atoms with Crippen LogP contribution in [-0.2, 0) is 13.0 Å². The monoisotopic (exact) mass is 289 g/mol. The molecule has 1 aliphatic heterocycles. The number of likely N-dealkylation sites (tertiary alicyclic amines) is 1. The van der Waals surface area contributed by atoms with Crippen LogP contribution in [-0.4, -0.2) is 29.5 Å². The Bertz CT molecular complexity index is 570. The molecule has 2 aromatic rings. The van der Waals surface area contributed by atoms with Gasteiger partial charge in [-0.1, -0.05) is 13.0 Å². The van der Waals surface area contributed by atoms with Gasteiger partial charge in [0.25, 0.3) is 0 Å². The van der Waals surface area contributed by atoms with Gasteiger partial charge in [-0.15, -0.1) is 11.3 Å². The van der Waals surface area contributed by atoms with Gasteiger partial charge in [0.05, 0.1) is 15.2 Å². The summed E-state index contributed by atoms with van der Waals surface area (Å²) in [5, 5.41) is 1.16. The van der Waals surface area contributed by atoms with Crippen LogP contribution in [0.2, 0.25) is 0 Å². The predicted octanol–water partition coefficient (Wildman–Crippen LogP) is 3.03. The number of nitrogens with zero attached hydrogens (tertiary/aromatic N) is 2. The SMILES string of the molecule is CC1CCN(Cc2ccc3nc(CCN)sc3c2)CC1. The summed E-state index contributed by atoms with van der Waals surface area (Å²) in [5.41, 5.74) is 8.14. The van der Waals surface area contributed by atoms with Crippen molar-refractivity contribution in [3.05, 3.63) is 28.8 Å². The summed E-state index contributed by atoms with van der Waals surface area (Å²) in [7, 11) is 0. The lowest BCUT2D eigenvalue weighted by Crippen LogP contribution is -2.32. The Morgan fingerprint density at radius 3 is 2.90 bits per heavy atom. The van der Waals surface area contributed by atoms with Crippen LogP contribution in [0.1, 0.15) is 30.3 Å². The molecule has 0 aliphatic carbocycles. The molecule has 0 unspecified atom stereocenters. The predicted molar refractivity (Wildman–Crippen MR) is 86.1 cm³/mol. The fourth-order valence-corrected chi connectivity index (χ4v) is 3.87. The topological polar surface area (TPSA) is 42.2 Å². The summed E-state index contributed by atoms with van der Waals surface area (Å²) in [6.07, 6.45) is 3.56. The van der Waals surface area contributed by atoms with E-state index in [0.29, 0.717) is 6.54 Å². The minimum atomic E-state index is 0.679. The molecular weight excluding hydrogens is 266 g/mol. The molecule has 1 saturated heterocycles. The Kier molecular flexibility index (Phi) is 4.34. The molecule has 3 nitrogen and oxygen atoms in total. The van der Waals surface area contributed by atoms with E-state index in [9.17, 15) is 0 Å². The van der Waals surface area contributed by atoms with E-state index >= 15 is 0 Å². The van der Waals surface area contributed by atoms with E-state index in [1.165, 1.54) is 36.2 Å². The second-order valence-corrected chi connectivity index (χ2v) is 7.02. The highest BCUT2D eigenvalue weighted by atomic mass is 32.1. The number of aromatic nitrogens is 1. The lowest BCUT2D eigenvalue weighted by atomic mass is 9.99. The summed E-state index contributed by atoms with van der Waals surface area (Å²) >= 11 is 1.79. The van der Waals surface area contributed by atoms with Crippen molar-refractivity contribution in [2.45, 2.75) is 32.7 Å². The van der Waals surface area contributed by atoms with Crippen molar-refractivity contribution in [1.82, 2.24) is 9.88 Å². The summed E-state index contributed by atoms with van der Waals surface area (Å²) in [4.78, 5) is 7.20. The second-order valence-electron chi connectivity index (χ2n) is 5.91. The van der Waals surface area contributed by atoms with Crippen molar-refractivity contribution < 1.29 is 0 Å². The fourth-order valence-electron chi connectivity index (χ4n) is 2.82. The van der Waals surface area contributed by atoms with Crippen molar-refractivity contribution in [2.24, 2.45) is 11.7 Å². The van der Waals surface area contributed by atoms with Gasteiger partial charge in [-0.25, -0.2) is 4.98 Å². The number of hydrogen-bond acceptors (Lipinski definition) is 4. The molecule has 4 heteroatoms. The van der Waals surface area contributed by atoms with E-state index in [-0.39, 0.29) is 0 Å². The maximum absolute atomic E-state index is 5.61. The summed E-state index contributed by atoms with van der Waals surface area (Å²) in [6, 6.07) is 6.70. The molecule has 2 N–H and O–H groups in total.